The molecule has 0 saturated heterocycles. The lowest BCUT2D eigenvalue weighted by atomic mass is 10.2. The minimum Gasteiger partial charge on any atom is -0.495 e. The van der Waals surface area contributed by atoms with Crippen LogP contribution in [0.2, 0.25) is 5.02 Å². The second kappa shape index (κ2) is 7.14. The number of rotatable bonds is 5. The molecule has 118 valence electrons. The average Bonchev–Trinajstić information content (AvgIpc) is 2.95. The third kappa shape index (κ3) is 3.68. The second-order valence-corrected chi connectivity index (χ2v) is 5.19. The summed E-state index contributed by atoms with van der Waals surface area (Å²) < 4.78 is 15.2. The zero-order chi connectivity index (χ0) is 16.1. The minimum absolute atomic E-state index is 0.299. The van der Waals surface area contributed by atoms with E-state index < -0.39 is 6.03 Å². The highest BCUT2D eigenvalue weighted by molar-refractivity contribution is 7.17. The smallest absolute Gasteiger partial charge is 0.325 e. The fraction of sp³-hybridized carbons (Fsp3) is 0.250. The van der Waals surface area contributed by atoms with Gasteiger partial charge in [0.1, 0.15) is 11.5 Å². The van der Waals surface area contributed by atoms with Gasteiger partial charge >= 0.3 is 6.03 Å². The number of aromatic nitrogens is 2. The SMILES string of the molecule is COc1nnc(NC(=O)Nc2cc(Cl)c(OC)cc2OC)s1. The number of benzene rings is 1. The topological polar surface area (TPSA) is 94.6 Å². The molecule has 0 spiro atoms. The molecule has 10 heteroatoms. The molecule has 1 aromatic heterocycles. The van der Waals surface area contributed by atoms with E-state index in [1.54, 1.807) is 6.07 Å². The van der Waals surface area contributed by atoms with E-state index >= 15 is 0 Å². The van der Waals surface area contributed by atoms with Crippen molar-refractivity contribution in [2.24, 2.45) is 0 Å². The highest BCUT2D eigenvalue weighted by Crippen LogP contribution is 2.36. The molecule has 1 heterocycles. The van der Waals surface area contributed by atoms with Crippen LogP contribution >= 0.6 is 22.9 Å². The van der Waals surface area contributed by atoms with Gasteiger partial charge in [-0.1, -0.05) is 16.7 Å². The molecule has 0 atom stereocenters. The summed E-state index contributed by atoms with van der Waals surface area (Å²) in [6.45, 7) is 0. The van der Waals surface area contributed by atoms with Crippen LogP contribution < -0.4 is 24.8 Å². The van der Waals surface area contributed by atoms with Gasteiger partial charge in [-0.15, -0.1) is 5.10 Å². The Morgan fingerprint density at radius 3 is 2.41 bits per heavy atom. The molecular weight excluding hydrogens is 332 g/mol. The Bertz CT molecular complexity index is 679. The van der Waals surface area contributed by atoms with Gasteiger partial charge in [0, 0.05) is 6.07 Å². The van der Waals surface area contributed by atoms with Crippen molar-refractivity contribution in [1.29, 1.82) is 0 Å². The van der Waals surface area contributed by atoms with E-state index in [-0.39, 0.29) is 0 Å². The Morgan fingerprint density at radius 2 is 1.82 bits per heavy atom. The first kappa shape index (κ1) is 16.1. The molecule has 2 N–H and O–H groups in total. The number of anilines is 2. The molecule has 8 nitrogen and oxygen atoms in total. The normalized spacial score (nSPS) is 10.0. The molecule has 0 unspecified atom stereocenters. The summed E-state index contributed by atoms with van der Waals surface area (Å²) >= 11 is 7.13. The van der Waals surface area contributed by atoms with Crippen LogP contribution in [0.4, 0.5) is 15.6 Å². The van der Waals surface area contributed by atoms with Gasteiger partial charge in [-0.2, -0.15) is 0 Å². The van der Waals surface area contributed by atoms with Gasteiger partial charge in [-0.3, -0.25) is 5.32 Å². The van der Waals surface area contributed by atoms with Gasteiger partial charge in [0.2, 0.25) is 5.13 Å². The Labute approximate surface area is 135 Å². The summed E-state index contributed by atoms with van der Waals surface area (Å²) in [4.78, 5) is 12.0. The number of methoxy groups -OCH3 is 3. The molecule has 0 aliphatic heterocycles. The first-order chi connectivity index (χ1) is 10.6. The molecular formula is C12H13ClN4O4S. The summed E-state index contributed by atoms with van der Waals surface area (Å²) in [5.41, 5.74) is 0.391. The number of carbonyl (C=O) groups excluding carboxylic acids is 1. The summed E-state index contributed by atoms with van der Waals surface area (Å²) in [7, 11) is 4.43. The predicted octanol–water partition coefficient (Wildman–Crippen LogP) is 2.86. The first-order valence-corrected chi connectivity index (χ1v) is 7.13. The van der Waals surface area contributed by atoms with Gasteiger partial charge in [0.15, 0.2) is 0 Å². The van der Waals surface area contributed by atoms with Crippen LogP contribution in [0.5, 0.6) is 16.7 Å². The third-order valence-corrected chi connectivity index (χ3v) is 3.62. The van der Waals surface area contributed by atoms with Crippen molar-refractivity contribution in [2.75, 3.05) is 32.0 Å². The molecule has 0 saturated carbocycles. The highest BCUT2D eigenvalue weighted by Gasteiger charge is 2.14. The predicted molar refractivity (Wildman–Crippen MR) is 83.7 cm³/mol. The number of hydrogen-bond acceptors (Lipinski definition) is 7. The van der Waals surface area contributed by atoms with Gasteiger partial charge in [0.25, 0.3) is 5.19 Å². The van der Waals surface area contributed by atoms with Gasteiger partial charge in [-0.05, 0) is 17.4 Å². The van der Waals surface area contributed by atoms with E-state index in [0.717, 1.165) is 11.3 Å². The Hall–Kier alpha value is -2.26. The second-order valence-electron chi connectivity index (χ2n) is 3.84. The van der Waals surface area contributed by atoms with E-state index in [2.05, 4.69) is 20.8 Å². The van der Waals surface area contributed by atoms with E-state index in [0.29, 0.717) is 32.5 Å². The molecule has 0 radical (unpaired) electrons. The largest absolute Gasteiger partial charge is 0.495 e. The van der Waals surface area contributed by atoms with Crippen molar-refractivity contribution in [3.63, 3.8) is 0 Å². The lowest BCUT2D eigenvalue weighted by molar-refractivity contribution is 0.262. The van der Waals surface area contributed by atoms with Crippen molar-refractivity contribution >= 4 is 39.8 Å². The lowest BCUT2D eigenvalue weighted by Crippen LogP contribution is -2.19. The molecule has 0 bridgehead atoms. The van der Waals surface area contributed by atoms with Crippen LogP contribution in [0.3, 0.4) is 0 Å². The maximum absolute atomic E-state index is 12.0. The summed E-state index contributed by atoms with van der Waals surface area (Å²) in [5.74, 6) is 0.851. The number of halogens is 1. The van der Waals surface area contributed by atoms with E-state index in [1.165, 1.54) is 27.4 Å². The fourth-order valence-corrected chi connectivity index (χ4v) is 2.35. The molecule has 0 fully saturated rings. The maximum Gasteiger partial charge on any atom is 0.325 e. The number of urea groups is 1. The number of nitrogens with zero attached hydrogens (tertiary/aromatic N) is 2. The zero-order valence-corrected chi connectivity index (χ0v) is 13.5. The highest BCUT2D eigenvalue weighted by atomic mass is 35.5. The van der Waals surface area contributed by atoms with E-state index in [9.17, 15) is 4.79 Å². The minimum atomic E-state index is -0.515. The van der Waals surface area contributed by atoms with Crippen LogP contribution in [0, 0.1) is 0 Å². The zero-order valence-electron chi connectivity index (χ0n) is 12.0. The van der Waals surface area contributed by atoms with Crippen LogP contribution in [0.1, 0.15) is 0 Å². The number of nitrogens with one attached hydrogen (secondary N) is 2. The van der Waals surface area contributed by atoms with Crippen molar-refractivity contribution in [1.82, 2.24) is 10.2 Å². The molecule has 2 rings (SSSR count). The number of amides is 2. The van der Waals surface area contributed by atoms with Gasteiger partial charge < -0.3 is 19.5 Å². The number of hydrogen-bond donors (Lipinski definition) is 2. The molecule has 1 aromatic carbocycles. The van der Waals surface area contributed by atoms with Gasteiger partial charge in [0.05, 0.1) is 32.0 Å². The molecule has 22 heavy (non-hydrogen) atoms. The quantitative estimate of drug-likeness (QED) is 0.866. The average molecular weight is 345 g/mol. The molecule has 2 aromatic rings. The van der Waals surface area contributed by atoms with Gasteiger partial charge in [-0.25, -0.2) is 4.79 Å². The summed E-state index contributed by atoms with van der Waals surface area (Å²) in [5, 5.41) is 13.6. The lowest BCUT2D eigenvalue weighted by Gasteiger charge is -2.12. The van der Waals surface area contributed by atoms with Crippen LogP contribution in [0.25, 0.3) is 0 Å². The van der Waals surface area contributed by atoms with E-state index in [4.69, 9.17) is 25.8 Å². The van der Waals surface area contributed by atoms with Crippen LogP contribution in [-0.2, 0) is 0 Å². The maximum atomic E-state index is 12.0. The van der Waals surface area contributed by atoms with E-state index in [1.807, 2.05) is 0 Å². The Kier molecular flexibility index (Phi) is 5.23. The molecule has 0 aliphatic carbocycles. The monoisotopic (exact) mass is 344 g/mol. The summed E-state index contributed by atoms with van der Waals surface area (Å²) in [6, 6.07) is 2.59. The van der Waals surface area contributed by atoms with Crippen molar-refractivity contribution in [2.45, 2.75) is 0 Å². The molecule has 2 amide bonds. The van der Waals surface area contributed by atoms with Crippen molar-refractivity contribution in [3.05, 3.63) is 17.2 Å². The molecule has 0 aliphatic rings. The number of carbonyl (C=O) groups is 1. The Balaban J connectivity index is 2.12. The Morgan fingerprint density at radius 1 is 1.09 bits per heavy atom. The third-order valence-electron chi connectivity index (χ3n) is 2.52. The first-order valence-electron chi connectivity index (χ1n) is 5.94. The van der Waals surface area contributed by atoms with Crippen molar-refractivity contribution in [3.8, 4) is 16.7 Å². The summed E-state index contributed by atoms with van der Waals surface area (Å²) in [6.07, 6.45) is 0. The fourth-order valence-electron chi connectivity index (χ4n) is 1.55. The standard InChI is InChI=1S/C12H13ClN4O4S/c1-19-8-5-9(20-2)7(4-6(8)13)14-10(18)15-11-16-17-12(21-3)22-11/h4-5H,1-3H3,(H2,14,15,16,18). The van der Waals surface area contributed by atoms with Crippen LogP contribution in [0.15, 0.2) is 12.1 Å². The number of ether oxygens (including phenoxy) is 3. The van der Waals surface area contributed by atoms with Crippen molar-refractivity contribution < 1.29 is 19.0 Å². The van der Waals surface area contributed by atoms with Crippen LogP contribution in [-0.4, -0.2) is 37.6 Å².